The molecule has 3 heteroatoms. The van der Waals surface area contributed by atoms with Crippen LogP contribution in [0, 0.1) is 0 Å². The van der Waals surface area contributed by atoms with Crippen molar-refractivity contribution in [3.8, 4) is 0 Å². The van der Waals surface area contributed by atoms with E-state index in [0.29, 0.717) is 6.04 Å². The molecular formula is C13H27NO2. The zero-order chi connectivity index (χ0) is 11.6. The Hall–Kier alpha value is -0.120. The smallest absolute Gasteiger partial charge is 0.0693 e. The molecule has 1 aliphatic carbocycles. The van der Waals surface area contributed by atoms with Gasteiger partial charge in [-0.05, 0) is 32.2 Å². The first-order valence-electron chi connectivity index (χ1n) is 6.83. The molecule has 0 amide bonds. The SMILES string of the molecule is CCCCOCCCN[C@@H]1CCCC[C@H]1O. The van der Waals surface area contributed by atoms with Crippen LogP contribution in [0.3, 0.4) is 0 Å². The van der Waals surface area contributed by atoms with Crippen molar-refractivity contribution in [2.45, 2.75) is 64.0 Å². The Labute approximate surface area is 99.6 Å². The summed E-state index contributed by atoms with van der Waals surface area (Å²) in [6, 6.07) is 0.324. The summed E-state index contributed by atoms with van der Waals surface area (Å²) in [4.78, 5) is 0. The van der Waals surface area contributed by atoms with Crippen LogP contribution >= 0.6 is 0 Å². The van der Waals surface area contributed by atoms with Crippen LogP contribution in [0.4, 0.5) is 0 Å². The van der Waals surface area contributed by atoms with Crippen LogP contribution in [0.5, 0.6) is 0 Å². The summed E-state index contributed by atoms with van der Waals surface area (Å²) in [6.45, 7) is 4.88. The highest BCUT2D eigenvalue weighted by atomic mass is 16.5. The van der Waals surface area contributed by atoms with Crippen molar-refractivity contribution in [2.75, 3.05) is 19.8 Å². The number of nitrogens with one attached hydrogen (secondary N) is 1. The van der Waals surface area contributed by atoms with Crippen LogP contribution in [-0.4, -0.2) is 37.0 Å². The molecule has 0 aliphatic heterocycles. The summed E-state index contributed by atoms with van der Waals surface area (Å²) >= 11 is 0. The Morgan fingerprint density at radius 1 is 1.19 bits per heavy atom. The molecule has 0 aromatic carbocycles. The van der Waals surface area contributed by atoms with Crippen molar-refractivity contribution in [3.63, 3.8) is 0 Å². The molecule has 0 unspecified atom stereocenters. The van der Waals surface area contributed by atoms with E-state index < -0.39 is 0 Å². The van der Waals surface area contributed by atoms with Crippen LogP contribution in [0.25, 0.3) is 0 Å². The van der Waals surface area contributed by atoms with Crippen LogP contribution in [0.1, 0.15) is 51.9 Å². The second kappa shape index (κ2) is 8.97. The molecule has 1 fully saturated rings. The molecule has 0 radical (unpaired) electrons. The van der Waals surface area contributed by atoms with Gasteiger partial charge in [-0.1, -0.05) is 26.2 Å². The van der Waals surface area contributed by atoms with Crippen LogP contribution in [-0.2, 0) is 4.74 Å². The number of hydrogen-bond acceptors (Lipinski definition) is 3. The average Bonchev–Trinajstić information content (AvgIpc) is 2.30. The first-order valence-corrected chi connectivity index (χ1v) is 6.83. The number of hydrogen-bond donors (Lipinski definition) is 2. The van der Waals surface area contributed by atoms with E-state index in [1.807, 2.05) is 0 Å². The predicted octanol–water partition coefficient (Wildman–Crippen LogP) is 2.09. The van der Waals surface area contributed by atoms with Gasteiger partial charge >= 0.3 is 0 Å². The zero-order valence-electron chi connectivity index (χ0n) is 10.6. The minimum atomic E-state index is -0.130. The summed E-state index contributed by atoms with van der Waals surface area (Å²) in [5, 5.41) is 13.2. The third-order valence-corrected chi connectivity index (χ3v) is 3.24. The minimum Gasteiger partial charge on any atom is -0.392 e. The van der Waals surface area contributed by atoms with E-state index in [1.165, 1.54) is 19.3 Å². The van der Waals surface area contributed by atoms with Gasteiger partial charge in [-0.25, -0.2) is 0 Å². The van der Waals surface area contributed by atoms with Gasteiger partial charge in [0.1, 0.15) is 0 Å². The van der Waals surface area contributed by atoms with Gasteiger partial charge in [0.2, 0.25) is 0 Å². The van der Waals surface area contributed by atoms with Gasteiger partial charge in [-0.15, -0.1) is 0 Å². The Kier molecular flexibility index (Phi) is 7.81. The van der Waals surface area contributed by atoms with Crippen LogP contribution in [0.2, 0.25) is 0 Å². The second-order valence-electron chi connectivity index (χ2n) is 4.73. The number of unbranched alkanes of at least 4 members (excludes halogenated alkanes) is 1. The van der Waals surface area contributed by atoms with E-state index in [1.54, 1.807) is 0 Å². The maximum atomic E-state index is 9.75. The Morgan fingerprint density at radius 3 is 2.69 bits per heavy atom. The van der Waals surface area contributed by atoms with Gasteiger partial charge in [0, 0.05) is 19.3 Å². The van der Waals surface area contributed by atoms with Crippen LogP contribution < -0.4 is 5.32 Å². The molecule has 96 valence electrons. The first-order chi connectivity index (χ1) is 7.84. The number of ether oxygens (including phenoxy) is 1. The van der Waals surface area contributed by atoms with Gasteiger partial charge in [0.15, 0.2) is 0 Å². The number of aliphatic hydroxyl groups excluding tert-OH is 1. The summed E-state index contributed by atoms with van der Waals surface area (Å²) in [5.41, 5.74) is 0. The molecule has 2 atom stereocenters. The summed E-state index contributed by atoms with van der Waals surface area (Å²) in [6.07, 6.45) is 7.80. The maximum Gasteiger partial charge on any atom is 0.0693 e. The molecule has 3 nitrogen and oxygen atoms in total. The lowest BCUT2D eigenvalue weighted by molar-refractivity contribution is 0.0867. The number of aliphatic hydroxyl groups is 1. The van der Waals surface area contributed by atoms with Crippen molar-refractivity contribution in [1.29, 1.82) is 0 Å². The van der Waals surface area contributed by atoms with Crippen LogP contribution in [0.15, 0.2) is 0 Å². The molecule has 0 spiro atoms. The van der Waals surface area contributed by atoms with Gasteiger partial charge in [0.05, 0.1) is 6.10 Å². The van der Waals surface area contributed by atoms with E-state index in [2.05, 4.69) is 12.2 Å². The Balaban J connectivity index is 1.90. The minimum absolute atomic E-state index is 0.130. The van der Waals surface area contributed by atoms with Crippen molar-refractivity contribution < 1.29 is 9.84 Å². The topological polar surface area (TPSA) is 41.5 Å². The molecule has 0 aromatic heterocycles. The predicted molar refractivity (Wildman–Crippen MR) is 66.6 cm³/mol. The molecule has 16 heavy (non-hydrogen) atoms. The van der Waals surface area contributed by atoms with Gasteiger partial charge in [-0.3, -0.25) is 0 Å². The quantitative estimate of drug-likeness (QED) is 0.626. The third kappa shape index (κ3) is 5.83. The van der Waals surface area contributed by atoms with Crippen molar-refractivity contribution in [1.82, 2.24) is 5.32 Å². The number of rotatable bonds is 8. The fourth-order valence-corrected chi connectivity index (χ4v) is 2.16. The van der Waals surface area contributed by atoms with E-state index >= 15 is 0 Å². The summed E-state index contributed by atoms with van der Waals surface area (Å²) in [7, 11) is 0. The molecule has 0 bridgehead atoms. The Bertz CT molecular complexity index is 164. The van der Waals surface area contributed by atoms with Crippen molar-refractivity contribution in [3.05, 3.63) is 0 Å². The molecule has 0 aromatic rings. The monoisotopic (exact) mass is 229 g/mol. The normalized spacial score (nSPS) is 25.9. The van der Waals surface area contributed by atoms with E-state index in [-0.39, 0.29) is 6.10 Å². The molecule has 1 saturated carbocycles. The van der Waals surface area contributed by atoms with Crippen molar-refractivity contribution in [2.24, 2.45) is 0 Å². The van der Waals surface area contributed by atoms with Gasteiger partial charge in [-0.2, -0.15) is 0 Å². The highest BCUT2D eigenvalue weighted by Gasteiger charge is 2.21. The van der Waals surface area contributed by atoms with E-state index in [9.17, 15) is 5.11 Å². The molecular weight excluding hydrogens is 202 g/mol. The zero-order valence-corrected chi connectivity index (χ0v) is 10.6. The van der Waals surface area contributed by atoms with Crippen molar-refractivity contribution >= 4 is 0 Å². The molecule has 0 heterocycles. The van der Waals surface area contributed by atoms with E-state index in [0.717, 1.165) is 45.4 Å². The summed E-state index contributed by atoms with van der Waals surface area (Å²) < 4.78 is 5.49. The maximum absolute atomic E-state index is 9.75. The highest BCUT2D eigenvalue weighted by Crippen LogP contribution is 2.18. The summed E-state index contributed by atoms with van der Waals surface area (Å²) in [5.74, 6) is 0. The first kappa shape index (κ1) is 13.9. The molecule has 0 saturated heterocycles. The lowest BCUT2D eigenvalue weighted by atomic mass is 9.92. The largest absolute Gasteiger partial charge is 0.392 e. The third-order valence-electron chi connectivity index (χ3n) is 3.24. The average molecular weight is 229 g/mol. The molecule has 1 rings (SSSR count). The lowest BCUT2D eigenvalue weighted by Crippen LogP contribution is -2.42. The van der Waals surface area contributed by atoms with E-state index in [4.69, 9.17) is 4.74 Å². The second-order valence-corrected chi connectivity index (χ2v) is 4.73. The highest BCUT2D eigenvalue weighted by molar-refractivity contribution is 4.79. The fourth-order valence-electron chi connectivity index (χ4n) is 2.16. The van der Waals surface area contributed by atoms with Gasteiger partial charge < -0.3 is 15.2 Å². The Morgan fingerprint density at radius 2 is 1.94 bits per heavy atom. The van der Waals surface area contributed by atoms with Gasteiger partial charge in [0.25, 0.3) is 0 Å². The fraction of sp³-hybridized carbons (Fsp3) is 1.00. The molecule has 2 N–H and O–H groups in total. The lowest BCUT2D eigenvalue weighted by Gasteiger charge is -2.28. The standard InChI is InChI=1S/C13H27NO2/c1-2-3-10-16-11-6-9-14-12-7-4-5-8-13(12)15/h12-15H,2-11H2,1H3/t12-,13-/m1/s1. The molecule has 1 aliphatic rings.